The Morgan fingerprint density at radius 2 is 1.88 bits per heavy atom. The average Bonchev–Trinajstić information content (AvgIpc) is 3.76. The van der Waals surface area contributed by atoms with Crippen molar-refractivity contribution in [3.63, 3.8) is 0 Å². The van der Waals surface area contributed by atoms with Crippen LogP contribution < -0.4 is 15.0 Å². The van der Waals surface area contributed by atoms with Gasteiger partial charge in [0, 0.05) is 99.8 Å². The molecule has 0 saturated carbocycles. The Labute approximate surface area is 283 Å². The van der Waals surface area contributed by atoms with Gasteiger partial charge in [0.15, 0.2) is 11.6 Å². The Morgan fingerprint density at radius 3 is 2.61 bits per heavy atom. The minimum absolute atomic E-state index is 0.0850. The molecule has 3 atom stereocenters. The molecule has 5 heterocycles. The van der Waals surface area contributed by atoms with Crippen LogP contribution in [0, 0.1) is 17.6 Å². The third-order valence-corrected chi connectivity index (χ3v) is 12.2. The van der Waals surface area contributed by atoms with E-state index in [1.165, 1.54) is 17.5 Å². The zero-order valence-electron chi connectivity index (χ0n) is 28.4. The molecule has 3 aromatic heterocycles. The maximum Gasteiger partial charge on any atom is 0.343 e. The number of carbonyl (C=O) groups is 1. The Morgan fingerprint density at radius 1 is 1.10 bits per heavy atom. The highest BCUT2D eigenvalue weighted by Crippen LogP contribution is 2.56. The van der Waals surface area contributed by atoms with Crippen molar-refractivity contribution in [2.45, 2.75) is 32.7 Å². The molecule has 1 unspecified atom stereocenters. The van der Waals surface area contributed by atoms with Crippen LogP contribution in [0.5, 0.6) is 0 Å². The molecule has 0 N–H and O–H groups in total. The van der Waals surface area contributed by atoms with E-state index in [2.05, 4.69) is 21.8 Å². The van der Waals surface area contributed by atoms with Crippen LogP contribution in [0.4, 0.5) is 20.2 Å². The molecular formula is C35H39F2N6O5P. The zero-order valence-corrected chi connectivity index (χ0v) is 29.3. The maximum atomic E-state index is 16.2. The monoisotopic (exact) mass is 692 g/mol. The average molecular weight is 693 g/mol. The molecular weight excluding hydrogens is 653 g/mol. The lowest BCUT2D eigenvalue weighted by Gasteiger charge is -2.31. The molecule has 0 amide bonds. The fourth-order valence-corrected chi connectivity index (χ4v) is 9.05. The van der Waals surface area contributed by atoms with Gasteiger partial charge >= 0.3 is 5.97 Å². The van der Waals surface area contributed by atoms with Crippen LogP contribution >= 0.6 is 7.52 Å². The summed E-state index contributed by atoms with van der Waals surface area (Å²) < 4.78 is 59.1. The van der Waals surface area contributed by atoms with Gasteiger partial charge < -0.3 is 28.3 Å². The highest BCUT2D eigenvalue weighted by molar-refractivity contribution is 7.59. The number of likely N-dealkylation sites (tertiary alicyclic amines) is 1. The predicted molar refractivity (Wildman–Crippen MR) is 185 cm³/mol. The molecule has 14 heteroatoms. The number of benzene rings is 1. The number of aryl methyl sites for hydroxylation is 1. The van der Waals surface area contributed by atoms with Crippen LogP contribution in [-0.2, 0) is 27.3 Å². The van der Waals surface area contributed by atoms with E-state index in [1.807, 2.05) is 0 Å². The quantitative estimate of drug-likeness (QED) is 0.154. The number of fused-ring (bicyclic) bond motifs is 5. The van der Waals surface area contributed by atoms with Crippen molar-refractivity contribution in [2.24, 2.45) is 13.0 Å². The Bertz CT molecular complexity index is 2140. The molecule has 2 aliphatic heterocycles. The minimum Gasteiger partial charge on any atom is -0.462 e. The first kappa shape index (κ1) is 33.3. The van der Waals surface area contributed by atoms with Gasteiger partial charge in [-0.1, -0.05) is 0 Å². The number of likely N-dealkylation sites (N-methyl/N-ethyl adjacent to an activating group) is 1. The largest absolute Gasteiger partial charge is 0.462 e. The van der Waals surface area contributed by atoms with Crippen LogP contribution in [0.2, 0.25) is 0 Å². The summed E-state index contributed by atoms with van der Waals surface area (Å²) in [4.78, 5) is 40.3. The van der Waals surface area contributed by atoms with Crippen molar-refractivity contribution >= 4 is 35.9 Å². The SMILES string of the molecule is CCOC(=O)c1cn(C)c2ncc(-c3cnc4c(c3N3CC[C@@H]5CN(C)C[C@@H]53)-c3c(F)c(F)cc(N(C)P(C)(=O)OCC)c3C4)cc2c1=O. The molecule has 1 aromatic carbocycles. The van der Waals surface area contributed by atoms with Crippen molar-refractivity contribution in [1.29, 1.82) is 0 Å². The second kappa shape index (κ2) is 12.3. The van der Waals surface area contributed by atoms with Crippen LogP contribution in [0.25, 0.3) is 33.3 Å². The van der Waals surface area contributed by atoms with Crippen molar-refractivity contribution in [1.82, 2.24) is 19.4 Å². The van der Waals surface area contributed by atoms with Crippen molar-refractivity contribution in [3.8, 4) is 22.3 Å². The summed E-state index contributed by atoms with van der Waals surface area (Å²) in [5.74, 6) is -2.41. The fraction of sp³-hybridized carbons (Fsp3) is 0.429. The van der Waals surface area contributed by atoms with Crippen LogP contribution in [-0.4, -0.2) is 85.1 Å². The smallest absolute Gasteiger partial charge is 0.343 e. The number of nitrogens with zero attached hydrogens (tertiary/aromatic N) is 6. The Kier molecular flexibility index (Phi) is 8.36. The number of aromatic nitrogens is 3. The molecule has 11 nitrogen and oxygen atoms in total. The van der Waals surface area contributed by atoms with E-state index in [9.17, 15) is 14.2 Å². The third-order valence-electron chi connectivity index (χ3n) is 10.1. The second-order valence-corrected chi connectivity index (χ2v) is 15.6. The first-order chi connectivity index (χ1) is 23.4. The number of hydrogen-bond acceptors (Lipinski definition) is 9. The van der Waals surface area contributed by atoms with Gasteiger partial charge in [-0.25, -0.2) is 18.6 Å². The van der Waals surface area contributed by atoms with Gasteiger partial charge in [-0.2, -0.15) is 0 Å². The second-order valence-electron chi connectivity index (χ2n) is 13.1. The van der Waals surface area contributed by atoms with Gasteiger partial charge in [-0.15, -0.1) is 0 Å². The molecule has 0 spiro atoms. The van der Waals surface area contributed by atoms with Crippen LogP contribution in [0.15, 0.2) is 35.5 Å². The third kappa shape index (κ3) is 5.34. The topological polar surface area (TPSA) is 110 Å². The fourth-order valence-electron chi connectivity index (χ4n) is 7.83. The molecule has 0 radical (unpaired) electrons. The molecule has 2 fully saturated rings. The molecule has 2 saturated heterocycles. The molecule has 258 valence electrons. The van der Waals surface area contributed by atoms with Gasteiger partial charge in [-0.3, -0.25) is 14.3 Å². The zero-order chi connectivity index (χ0) is 34.9. The normalized spacial score (nSPS) is 19.6. The summed E-state index contributed by atoms with van der Waals surface area (Å²) >= 11 is 0. The molecule has 4 aromatic rings. The van der Waals surface area contributed by atoms with E-state index in [-0.39, 0.29) is 47.9 Å². The van der Waals surface area contributed by atoms with E-state index >= 15 is 8.78 Å². The number of halogens is 2. The van der Waals surface area contributed by atoms with Crippen LogP contribution in [0.3, 0.4) is 0 Å². The highest BCUT2D eigenvalue weighted by atomic mass is 31.2. The first-order valence-corrected chi connectivity index (χ1v) is 18.5. The number of carbonyl (C=O) groups excluding carboxylic acids is 1. The number of hydrogen-bond donors (Lipinski definition) is 0. The summed E-state index contributed by atoms with van der Waals surface area (Å²) in [5, 5.41) is 0.216. The molecule has 49 heavy (non-hydrogen) atoms. The van der Waals surface area contributed by atoms with Crippen molar-refractivity contribution in [3.05, 3.63) is 69.4 Å². The summed E-state index contributed by atoms with van der Waals surface area (Å²) in [6.45, 7) is 7.57. The van der Waals surface area contributed by atoms with Gasteiger partial charge in [0.2, 0.25) is 5.43 Å². The van der Waals surface area contributed by atoms with E-state index in [0.717, 1.165) is 25.6 Å². The summed E-state index contributed by atoms with van der Waals surface area (Å²) in [7, 11) is 1.95. The Balaban J connectivity index is 1.49. The predicted octanol–water partition coefficient (Wildman–Crippen LogP) is 5.46. The summed E-state index contributed by atoms with van der Waals surface area (Å²) in [6, 6.07) is 2.88. The number of ether oxygens (including phenoxy) is 1. The van der Waals surface area contributed by atoms with Crippen molar-refractivity contribution in [2.75, 3.05) is 63.2 Å². The van der Waals surface area contributed by atoms with Gasteiger partial charge in [0.25, 0.3) is 7.52 Å². The van der Waals surface area contributed by atoms with Gasteiger partial charge in [0.1, 0.15) is 11.2 Å². The van der Waals surface area contributed by atoms with Gasteiger partial charge in [-0.05, 0) is 44.9 Å². The lowest BCUT2D eigenvalue weighted by molar-refractivity contribution is 0.0524. The summed E-state index contributed by atoms with van der Waals surface area (Å²) in [5.41, 5.74) is 3.48. The lowest BCUT2D eigenvalue weighted by atomic mass is 9.96. The van der Waals surface area contributed by atoms with E-state index in [1.54, 1.807) is 51.0 Å². The highest BCUT2D eigenvalue weighted by Gasteiger charge is 2.44. The molecule has 1 aliphatic carbocycles. The van der Waals surface area contributed by atoms with E-state index in [4.69, 9.17) is 14.2 Å². The molecule has 3 aliphatic rings. The standard InChI is InChI=1S/C35H39F2N6O5P/c1-7-47-35(45)24-17-41(4)34-22(33(24)44)11-20(14-39-34)23-15-38-26-12-21-27(42(5)49(6,46)48-8-2)13-25(36)31(37)29(21)30(26)32(23)43-10-9-19-16-40(3)18-28(19)43/h11,13-15,17,19,28H,7-10,12,16,18H2,1-6H3/t19-,28+,49?/m1/s1. The Hall–Kier alpha value is -4.19. The van der Waals surface area contributed by atoms with Crippen molar-refractivity contribution < 1.29 is 27.4 Å². The number of anilines is 2. The maximum absolute atomic E-state index is 16.2. The first-order valence-electron chi connectivity index (χ1n) is 16.5. The molecule has 0 bridgehead atoms. The molecule has 7 rings (SSSR count). The number of rotatable bonds is 8. The van der Waals surface area contributed by atoms with Gasteiger partial charge in [0.05, 0.1) is 35.7 Å². The van der Waals surface area contributed by atoms with E-state index < -0.39 is 30.6 Å². The number of esters is 1. The minimum atomic E-state index is -3.39. The van der Waals surface area contributed by atoms with E-state index in [0.29, 0.717) is 51.7 Å². The summed E-state index contributed by atoms with van der Waals surface area (Å²) in [6.07, 6.45) is 5.88. The van der Waals surface area contributed by atoms with Crippen LogP contribution in [0.1, 0.15) is 41.9 Å². The number of pyridine rings is 3. The lowest BCUT2D eigenvalue weighted by Crippen LogP contribution is -2.35.